The van der Waals surface area contributed by atoms with Gasteiger partial charge in [0.2, 0.25) is 0 Å². The number of benzene rings is 1. The van der Waals surface area contributed by atoms with Crippen LogP contribution in [0, 0.1) is 12.8 Å². The Morgan fingerprint density at radius 2 is 1.85 bits per heavy atom. The molecule has 1 heteroatoms. The average Bonchev–Trinajstić information content (AvgIpc) is 2.17. The summed E-state index contributed by atoms with van der Waals surface area (Å²) in [5.41, 5.74) is 2.03. The van der Waals surface area contributed by atoms with Crippen LogP contribution in [-0.2, 0) is 0 Å². The Labute approximate surface area is 79.8 Å². The van der Waals surface area contributed by atoms with Crippen molar-refractivity contribution < 1.29 is 4.79 Å². The Kier molecular flexibility index (Phi) is 3.24. The first-order valence-corrected chi connectivity index (χ1v) is 4.76. The largest absolute Gasteiger partial charge is 0.294 e. The van der Waals surface area contributed by atoms with Crippen molar-refractivity contribution in [1.82, 2.24) is 0 Å². The van der Waals surface area contributed by atoms with Gasteiger partial charge in [0.05, 0.1) is 0 Å². The molecule has 0 aliphatic carbocycles. The van der Waals surface area contributed by atoms with E-state index in [4.69, 9.17) is 0 Å². The summed E-state index contributed by atoms with van der Waals surface area (Å²) in [5, 5.41) is 0. The highest BCUT2D eigenvalue weighted by molar-refractivity contribution is 5.97. The fourth-order valence-corrected chi connectivity index (χ4v) is 1.19. The van der Waals surface area contributed by atoms with Gasteiger partial charge in [0.15, 0.2) is 5.78 Å². The predicted octanol–water partition coefficient (Wildman–Crippen LogP) is 3.22. The lowest BCUT2D eigenvalue weighted by Gasteiger charge is -2.06. The summed E-state index contributed by atoms with van der Waals surface area (Å²) >= 11 is 0. The van der Waals surface area contributed by atoms with Gasteiger partial charge in [-0.05, 0) is 13.3 Å². The van der Waals surface area contributed by atoms with Gasteiger partial charge >= 0.3 is 0 Å². The summed E-state index contributed by atoms with van der Waals surface area (Å²) in [7, 11) is 0. The summed E-state index contributed by atoms with van der Waals surface area (Å²) in [4.78, 5) is 11.7. The van der Waals surface area contributed by atoms with Gasteiger partial charge < -0.3 is 0 Å². The Hall–Kier alpha value is -1.11. The van der Waals surface area contributed by atoms with Crippen molar-refractivity contribution in [3.8, 4) is 0 Å². The van der Waals surface area contributed by atoms with Gasteiger partial charge in [0.1, 0.15) is 0 Å². The molecule has 1 nitrogen and oxygen atoms in total. The molecule has 13 heavy (non-hydrogen) atoms. The highest BCUT2D eigenvalue weighted by Gasteiger charge is 2.11. The minimum absolute atomic E-state index is 0.141. The number of hydrogen-bond acceptors (Lipinski definition) is 1. The lowest BCUT2D eigenvalue weighted by Crippen LogP contribution is -2.09. The molecule has 0 heterocycles. The van der Waals surface area contributed by atoms with Crippen molar-refractivity contribution in [2.75, 3.05) is 0 Å². The Bertz CT molecular complexity index is 284. The summed E-state index contributed by atoms with van der Waals surface area (Å²) in [6, 6.07) is 7.78. The molecular formula is C12H16O. The Morgan fingerprint density at radius 3 is 2.31 bits per heavy atom. The van der Waals surface area contributed by atoms with Gasteiger partial charge in [-0.15, -0.1) is 0 Å². The summed E-state index contributed by atoms with van der Waals surface area (Å²) in [5.74, 6) is 0.394. The number of carbonyl (C=O) groups is 1. The van der Waals surface area contributed by atoms with Gasteiger partial charge in [-0.25, -0.2) is 0 Å². The Balaban J connectivity index is 2.83. The molecule has 0 aromatic heterocycles. The van der Waals surface area contributed by atoms with Crippen LogP contribution in [0.3, 0.4) is 0 Å². The quantitative estimate of drug-likeness (QED) is 0.646. The fraction of sp³-hybridized carbons (Fsp3) is 0.417. The van der Waals surface area contributed by atoms with Crippen molar-refractivity contribution in [2.24, 2.45) is 5.92 Å². The predicted molar refractivity (Wildman–Crippen MR) is 55.0 cm³/mol. The molecule has 1 aromatic carbocycles. The van der Waals surface area contributed by atoms with E-state index < -0.39 is 0 Å². The third kappa shape index (κ3) is 2.41. The smallest absolute Gasteiger partial charge is 0.165 e. The molecule has 70 valence electrons. The molecule has 1 aromatic rings. The lowest BCUT2D eigenvalue weighted by atomic mass is 9.97. The van der Waals surface area contributed by atoms with Crippen molar-refractivity contribution in [2.45, 2.75) is 27.2 Å². The maximum absolute atomic E-state index is 11.7. The average molecular weight is 176 g/mol. The number of Topliss-reactive ketones (excluding diaryl/α,β-unsaturated/α-hetero) is 1. The van der Waals surface area contributed by atoms with Crippen LogP contribution in [-0.4, -0.2) is 5.78 Å². The molecule has 0 bridgehead atoms. The fourth-order valence-electron chi connectivity index (χ4n) is 1.19. The molecule has 0 aliphatic rings. The summed E-state index contributed by atoms with van der Waals surface area (Å²) in [6.45, 7) is 6.04. The van der Waals surface area contributed by atoms with Crippen LogP contribution in [0.25, 0.3) is 0 Å². The van der Waals surface area contributed by atoms with Gasteiger partial charge in [-0.2, -0.15) is 0 Å². The molecule has 0 radical (unpaired) electrons. The number of hydrogen-bond donors (Lipinski definition) is 0. The van der Waals surface area contributed by atoms with E-state index in [1.54, 1.807) is 0 Å². The van der Waals surface area contributed by atoms with Crippen molar-refractivity contribution in [1.29, 1.82) is 0 Å². The molecule has 0 aliphatic heterocycles. The zero-order valence-electron chi connectivity index (χ0n) is 8.50. The molecule has 1 unspecified atom stereocenters. The van der Waals surface area contributed by atoms with Gasteiger partial charge in [-0.3, -0.25) is 4.79 Å². The monoisotopic (exact) mass is 176 g/mol. The Morgan fingerprint density at radius 1 is 1.31 bits per heavy atom. The summed E-state index contributed by atoms with van der Waals surface area (Å²) in [6.07, 6.45) is 0.909. The molecular weight excluding hydrogens is 160 g/mol. The van der Waals surface area contributed by atoms with Crippen molar-refractivity contribution in [3.05, 3.63) is 35.4 Å². The van der Waals surface area contributed by atoms with E-state index in [2.05, 4.69) is 0 Å². The first-order chi connectivity index (χ1) is 6.15. The minimum Gasteiger partial charge on any atom is -0.294 e. The van der Waals surface area contributed by atoms with Crippen LogP contribution in [0.15, 0.2) is 24.3 Å². The van der Waals surface area contributed by atoms with Crippen molar-refractivity contribution in [3.63, 3.8) is 0 Å². The van der Waals surface area contributed by atoms with Crippen LogP contribution >= 0.6 is 0 Å². The molecule has 0 spiro atoms. The molecule has 1 rings (SSSR count). The van der Waals surface area contributed by atoms with Gasteiger partial charge in [-0.1, -0.05) is 43.7 Å². The number of ketones is 1. The zero-order valence-corrected chi connectivity index (χ0v) is 8.50. The lowest BCUT2D eigenvalue weighted by molar-refractivity contribution is 0.0927. The summed E-state index contributed by atoms with van der Waals surface area (Å²) < 4.78 is 0. The van der Waals surface area contributed by atoms with E-state index in [-0.39, 0.29) is 11.7 Å². The molecule has 1 atom stereocenters. The molecule has 0 N–H and O–H groups in total. The van der Waals surface area contributed by atoms with Crippen LogP contribution in [0.4, 0.5) is 0 Å². The third-order valence-corrected chi connectivity index (χ3v) is 2.40. The molecule has 0 amide bonds. The van der Waals surface area contributed by atoms with Crippen LogP contribution in [0.5, 0.6) is 0 Å². The normalized spacial score (nSPS) is 12.5. The molecule has 0 saturated heterocycles. The third-order valence-electron chi connectivity index (χ3n) is 2.40. The highest BCUT2D eigenvalue weighted by Crippen LogP contribution is 2.12. The molecule has 0 fully saturated rings. The first-order valence-electron chi connectivity index (χ1n) is 4.76. The van der Waals surface area contributed by atoms with E-state index >= 15 is 0 Å². The van der Waals surface area contributed by atoms with E-state index in [0.717, 1.165) is 12.0 Å². The maximum Gasteiger partial charge on any atom is 0.165 e. The van der Waals surface area contributed by atoms with E-state index in [1.807, 2.05) is 45.0 Å². The topological polar surface area (TPSA) is 17.1 Å². The first kappa shape index (κ1) is 9.97. The number of rotatable bonds is 3. The van der Waals surface area contributed by atoms with Crippen molar-refractivity contribution >= 4 is 5.78 Å². The van der Waals surface area contributed by atoms with E-state index in [0.29, 0.717) is 0 Å². The second kappa shape index (κ2) is 4.22. The zero-order chi connectivity index (χ0) is 9.84. The second-order valence-corrected chi connectivity index (χ2v) is 3.54. The van der Waals surface area contributed by atoms with E-state index in [1.165, 1.54) is 5.56 Å². The second-order valence-electron chi connectivity index (χ2n) is 3.54. The van der Waals surface area contributed by atoms with Crippen LogP contribution < -0.4 is 0 Å². The number of carbonyl (C=O) groups excluding carboxylic acids is 1. The van der Waals surface area contributed by atoms with E-state index in [9.17, 15) is 4.79 Å². The van der Waals surface area contributed by atoms with Crippen LogP contribution in [0.2, 0.25) is 0 Å². The standard InChI is InChI=1S/C12H16O/c1-4-10(3)12(13)11-7-5-9(2)6-8-11/h5-8,10H,4H2,1-3H3. The molecule has 0 saturated carbocycles. The van der Waals surface area contributed by atoms with Crippen LogP contribution in [0.1, 0.15) is 36.2 Å². The minimum atomic E-state index is 0.141. The number of aryl methyl sites for hydroxylation is 1. The highest BCUT2D eigenvalue weighted by atomic mass is 16.1. The SMILES string of the molecule is CCC(C)C(=O)c1ccc(C)cc1. The maximum atomic E-state index is 11.7. The van der Waals surface area contributed by atoms with Gasteiger partial charge in [0.25, 0.3) is 0 Å². The van der Waals surface area contributed by atoms with Gasteiger partial charge in [0, 0.05) is 11.5 Å².